The van der Waals surface area contributed by atoms with Crippen molar-refractivity contribution in [2.45, 2.75) is 33.8 Å². The highest BCUT2D eigenvalue weighted by molar-refractivity contribution is 5.95. The highest BCUT2D eigenvalue weighted by Crippen LogP contribution is 2.18. The maximum Gasteiger partial charge on any atom is 0.276 e. The van der Waals surface area contributed by atoms with Gasteiger partial charge in [0.15, 0.2) is 6.61 Å². The summed E-state index contributed by atoms with van der Waals surface area (Å²) in [4.78, 5) is 24.0. The number of benzene rings is 2. The minimum atomic E-state index is -0.451. The van der Waals surface area contributed by atoms with Gasteiger partial charge in [0.1, 0.15) is 11.5 Å². The van der Waals surface area contributed by atoms with Crippen LogP contribution in [0.4, 0.5) is 0 Å². The molecule has 2 aromatic rings. The summed E-state index contributed by atoms with van der Waals surface area (Å²) in [6.07, 6.45) is 0.00962. The van der Waals surface area contributed by atoms with Gasteiger partial charge < -0.3 is 9.47 Å². The quantitative estimate of drug-likeness (QED) is 0.780. The molecule has 0 heterocycles. The first-order chi connectivity index (χ1) is 12.3. The van der Waals surface area contributed by atoms with Crippen LogP contribution >= 0.6 is 0 Å². The van der Waals surface area contributed by atoms with Crippen LogP contribution in [0.15, 0.2) is 42.5 Å². The standard InChI is InChI=1S/C20H24N2O4/c1-13(2)26-17-7-5-6-16(11-17)20(24)22-21-19(23)12-25-18-9-8-14(3)10-15(18)4/h5-11,13H,12H2,1-4H3,(H,21,23)(H,22,24). The summed E-state index contributed by atoms with van der Waals surface area (Å²) in [5.41, 5.74) is 7.16. The number of ether oxygens (including phenoxy) is 2. The maximum absolute atomic E-state index is 12.1. The van der Waals surface area contributed by atoms with Crippen LogP contribution in [0.25, 0.3) is 0 Å². The molecule has 26 heavy (non-hydrogen) atoms. The lowest BCUT2D eigenvalue weighted by Gasteiger charge is -2.12. The molecular weight excluding hydrogens is 332 g/mol. The third kappa shape index (κ3) is 5.81. The Labute approximate surface area is 153 Å². The monoisotopic (exact) mass is 356 g/mol. The number of hydrogen-bond donors (Lipinski definition) is 2. The number of nitrogens with one attached hydrogen (secondary N) is 2. The number of hydrazine groups is 1. The van der Waals surface area contributed by atoms with Crippen LogP contribution in [0, 0.1) is 13.8 Å². The zero-order valence-corrected chi connectivity index (χ0v) is 15.5. The first-order valence-electron chi connectivity index (χ1n) is 8.41. The second-order valence-corrected chi connectivity index (χ2v) is 6.25. The third-order valence-electron chi connectivity index (χ3n) is 3.47. The van der Waals surface area contributed by atoms with Crippen LogP contribution in [0.1, 0.15) is 35.3 Å². The van der Waals surface area contributed by atoms with Crippen molar-refractivity contribution in [2.24, 2.45) is 0 Å². The van der Waals surface area contributed by atoms with Crippen LogP contribution in [0.5, 0.6) is 11.5 Å². The molecule has 0 fully saturated rings. The summed E-state index contributed by atoms with van der Waals surface area (Å²) in [5, 5.41) is 0. The molecule has 0 aliphatic heterocycles. The summed E-state index contributed by atoms with van der Waals surface area (Å²) in [5.74, 6) is 0.347. The Kier molecular flexibility index (Phi) is 6.60. The van der Waals surface area contributed by atoms with Crippen LogP contribution in [-0.2, 0) is 4.79 Å². The molecule has 0 aromatic heterocycles. The van der Waals surface area contributed by atoms with Gasteiger partial charge in [0.2, 0.25) is 0 Å². The largest absolute Gasteiger partial charge is 0.491 e. The lowest BCUT2D eigenvalue weighted by molar-refractivity contribution is -0.123. The summed E-state index contributed by atoms with van der Waals surface area (Å²) in [7, 11) is 0. The van der Waals surface area contributed by atoms with Gasteiger partial charge in [-0.15, -0.1) is 0 Å². The normalized spacial score (nSPS) is 10.3. The van der Waals surface area contributed by atoms with Gasteiger partial charge in [0, 0.05) is 5.56 Å². The van der Waals surface area contributed by atoms with E-state index < -0.39 is 11.8 Å². The number of amides is 2. The molecule has 2 rings (SSSR count). The molecule has 0 aliphatic carbocycles. The molecule has 0 radical (unpaired) electrons. The fourth-order valence-corrected chi connectivity index (χ4v) is 2.32. The van der Waals surface area contributed by atoms with Crippen molar-refractivity contribution in [3.8, 4) is 11.5 Å². The Morgan fingerprint density at radius 1 is 1.04 bits per heavy atom. The van der Waals surface area contributed by atoms with Gasteiger partial charge in [0.25, 0.3) is 11.8 Å². The summed E-state index contributed by atoms with van der Waals surface area (Å²) in [6, 6.07) is 12.4. The van der Waals surface area contributed by atoms with Gasteiger partial charge >= 0.3 is 0 Å². The van der Waals surface area contributed by atoms with E-state index in [1.807, 2.05) is 45.9 Å². The SMILES string of the molecule is Cc1ccc(OCC(=O)NNC(=O)c2cccc(OC(C)C)c2)c(C)c1. The summed E-state index contributed by atoms with van der Waals surface area (Å²) >= 11 is 0. The second-order valence-electron chi connectivity index (χ2n) is 6.25. The van der Waals surface area contributed by atoms with E-state index in [1.165, 1.54) is 0 Å². The van der Waals surface area contributed by atoms with Gasteiger partial charge in [-0.1, -0.05) is 23.8 Å². The van der Waals surface area contributed by atoms with Crippen LogP contribution < -0.4 is 20.3 Å². The Balaban J connectivity index is 1.84. The van der Waals surface area contributed by atoms with Gasteiger partial charge in [-0.25, -0.2) is 0 Å². The summed E-state index contributed by atoms with van der Waals surface area (Å²) in [6.45, 7) is 7.51. The first-order valence-corrected chi connectivity index (χ1v) is 8.41. The molecule has 0 atom stereocenters. The molecule has 6 nitrogen and oxygen atoms in total. The van der Waals surface area contributed by atoms with Crippen LogP contribution in [0.3, 0.4) is 0 Å². The first kappa shape index (κ1) is 19.3. The number of hydrogen-bond acceptors (Lipinski definition) is 4. The molecule has 0 saturated carbocycles. The van der Waals surface area contributed by atoms with Gasteiger partial charge in [-0.3, -0.25) is 20.4 Å². The Bertz CT molecular complexity index is 787. The second kappa shape index (κ2) is 8.89. The van der Waals surface area contributed by atoms with Crippen LogP contribution in [-0.4, -0.2) is 24.5 Å². The number of rotatable bonds is 6. The molecule has 0 aliphatic rings. The zero-order valence-electron chi connectivity index (χ0n) is 15.5. The van der Waals surface area contributed by atoms with E-state index in [0.29, 0.717) is 17.1 Å². The number of aryl methyl sites for hydroxylation is 2. The minimum absolute atomic E-state index is 0.00962. The van der Waals surface area contributed by atoms with Crippen molar-refractivity contribution in [3.05, 3.63) is 59.2 Å². The molecule has 0 spiro atoms. The highest BCUT2D eigenvalue weighted by Gasteiger charge is 2.10. The van der Waals surface area contributed by atoms with E-state index in [2.05, 4.69) is 10.9 Å². The lowest BCUT2D eigenvalue weighted by Crippen LogP contribution is -2.43. The van der Waals surface area contributed by atoms with E-state index in [-0.39, 0.29) is 12.7 Å². The molecule has 138 valence electrons. The summed E-state index contributed by atoms with van der Waals surface area (Å²) < 4.78 is 11.0. The van der Waals surface area contributed by atoms with E-state index in [9.17, 15) is 9.59 Å². The van der Waals surface area contributed by atoms with Gasteiger partial charge in [-0.05, 0) is 57.5 Å². The van der Waals surface area contributed by atoms with E-state index in [0.717, 1.165) is 11.1 Å². The number of carbonyl (C=O) groups excluding carboxylic acids is 2. The van der Waals surface area contributed by atoms with Gasteiger partial charge in [0.05, 0.1) is 6.10 Å². The predicted octanol–water partition coefficient (Wildman–Crippen LogP) is 2.93. The van der Waals surface area contributed by atoms with Crippen molar-refractivity contribution < 1.29 is 19.1 Å². The van der Waals surface area contributed by atoms with Gasteiger partial charge in [-0.2, -0.15) is 0 Å². The topological polar surface area (TPSA) is 76.7 Å². The fraction of sp³-hybridized carbons (Fsp3) is 0.300. The average molecular weight is 356 g/mol. The fourth-order valence-electron chi connectivity index (χ4n) is 2.32. The van der Waals surface area contributed by atoms with E-state index >= 15 is 0 Å². The molecule has 2 amide bonds. The lowest BCUT2D eigenvalue weighted by atomic mass is 10.1. The Hall–Kier alpha value is -3.02. The highest BCUT2D eigenvalue weighted by atomic mass is 16.5. The van der Waals surface area contributed by atoms with E-state index in [4.69, 9.17) is 9.47 Å². The molecule has 2 aromatic carbocycles. The zero-order chi connectivity index (χ0) is 19.1. The minimum Gasteiger partial charge on any atom is -0.491 e. The third-order valence-corrected chi connectivity index (χ3v) is 3.47. The smallest absolute Gasteiger partial charge is 0.276 e. The molecule has 0 bridgehead atoms. The predicted molar refractivity (Wildman–Crippen MR) is 99.2 cm³/mol. The van der Waals surface area contributed by atoms with Crippen molar-refractivity contribution in [2.75, 3.05) is 6.61 Å². The molecule has 6 heteroatoms. The van der Waals surface area contributed by atoms with Crippen molar-refractivity contribution in [3.63, 3.8) is 0 Å². The Morgan fingerprint density at radius 3 is 2.50 bits per heavy atom. The van der Waals surface area contributed by atoms with Crippen LogP contribution in [0.2, 0.25) is 0 Å². The molecule has 0 unspecified atom stereocenters. The maximum atomic E-state index is 12.1. The molecule has 0 saturated heterocycles. The van der Waals surface area contributed by atoms with E-state index in [1.54, 1.807) is 24.3 Å². The van der Waals surface area contributed by atoms with Crippen molar-refractivity contribution in [1.29, 1.82) is 0 Å². The number of carbonyl (C=O) groups is 2. The van der Waals surface area contributed by atoms with Crippen molar-refractivity contribution >= 4 is 11.8 Å². The molecular formula is C20H24N2O4. The Morgan fingerprint density at radius 2 is 1.81 bits per heavy atom. The molecule has 2 N–H and O–H groups in total. The average Bonchev–Trinajstić information content (AvgIpc) is 2.58. The van der Waals surface area contributed by atoms with Crippen molar-refractivity contribution in [1.82, 2.24) is 10.9 Å².